The van der Waals surface area contributed by atoms with E-state index in [-0.39, 0.29) is 6.10 Å². The van der Waals surface area contributed by atoms with Crippen LogP contribution < -0.4 is 5.32 Å². The number of hydrogen-bond acceptors (Lipinski definition) is 5. The molecule has 1 aromatic rings. The van der Waals surface area contributed by atoms with Crippen molar-refractivity contribution in [1.29, 1.82) is 0 Å². The van der Waals surface area contributed by atoms with E-state index in [1.165, 1.54) is 19.4 Å². The molecule has 0 spiro atoms. The van der Waals surface area contributed by atoms with E-state index in [9.17, 15) is 0 Å². The topological polar surface area (TPSA) is 50.3 Å². The lowest BCUT2D eigenvalue weighted by Crippen LogP contribution is -2.42. The van der Waals surface area contributed by atoms with Crippen molar-refractivity contribution in [3.63, 3.8) is 0 Å². The molecule has 5 nitrogen and oxygen atoms in total. The average molecular weight is 248 g/mol. The van der Waals surface area contributed by atoms with E-state index in [2.05, 4.69) is 20.2 Å². The number of aromatic nitrogens is 2. The Kier molecular flexibility index (Phi) is 3.54. The molecule has 98 valence electrons. The Morgan fingerprint density at radius 1 is 1.44 bits per heavy atom. The van der Waals surface area contributed by atoms with E-state index in [0.717, 1.165) is 31.1 Å². The zero-order chi connectivity index (χ0) is 12.4. The second-order valence-electron chi connectivity index (χ2n) is 5.09. The third kappa shape index (κ3) is 2.39. The lowest BCUT2D eigenvalue weighted by molar-refractivity contribution is -0.0541. The van der Waals surface area contributed by atoms with Gasteiger partial charge in [-0.1, -0.05) is 0 Å². The van der Waals surface area contributed by atoms with Crippen molar-refractivity contribution < 1.29 is 4.74 Å². The van der Waals surface area contributed by atoms with Gasteiger partial charge in [0.2, 0.25) is 0 Å². The zero-order valence-electron chi connectivity index (χ0n) is 10.8. The molecular weight excluding hydrogens is 228 g/mol. The third-order valence-electron chi connectivity index (χ3n) is 3.78. The third-order valence-corrected chi connectivity index (χ3v) is 3.78. The van der Waals surface area contributed by atoms with Crippen LogP contribution in [0.3, 0.4) is 0 Å². The first-order valence-electron chi connectivity index (χ1n) is 6.68. The van der Waals surface area contributed by atoms with Crippen LogP contribution >= 0.6 is 0 Å². The second-order valence-corrected chi connectivity index (χ2v) is 5.09. The highest BCUT2D eigenvalue weighted by Crippen LogP contribution is 2.28. The van der Waals surface area contributed by atoms with Gasteiger partial charge in [-0.2, -0.15) is 0 Å². The van der Waals surface area contributed by atoms with Gasteiger partial charge in [0.1, 0.15) is 6.10 Å². The molecule has 2 unspecified atom stereocenters. The van der Waals surface area contributed by atoms with Crippen molar-refractivity contribution in [2.24, 2.45) is 0 Å². The number of nitrogens with one attached hydrogen (secondary N) is 1. The van der Waals surface area contributed by atoms with Crippen LogP contribution in [0.2, 0.25) is 0 Å². The molecule has 0 saturated carbocycles. The van der Waals surface area contributed by atoms with Crippen molar-refractivity contribution in [1.82, 2.24) is 20.2 Å². The molecule has 18 heavy (non-hydrogen) atoms. The number of fused-ring (bicyclic) bond motifs is 1. The summed E-state index contributed by atoms with van der Waals surface area (Å²) in [6.45, 7) is 3.77. The molecule has 1 N–H and O–H groups in total. The fraction of sp³-hybridized carbons (Fsp3) is 0.692. The van der Waals surface area contributed by atoms with Crippen LogP contribution in [0.4, 0.5) is 0 Å². The van der Waals surface area contributed by atoms with Gasteiger partial charge in [0.25, 0.3) is 0 Å². The minimum atomic E-state index is 0.0444. The molecule has 2 saturated heterocycles. The first kappa shape index (κ1) is 12.0. The Labute approximate surface area is 108 Å². The molecule has 0 aromatic carbocycles. The minimum absolute atomic E-state index is 0.0444. The summed E-state index contributed by atoms with van der Waals surface area (Å²) in [6.07, 6.45) is 6.39. The Hall–Kier alpha value is -1.04. The first-order valence-corrected chi connectivity index (χ1v) is 6.68. The largest absolute Gasteiger partial charge is 0.367 e. The standard InChI is InChI=1S/C13H20N4O/c1-14-5-10-6-15-13(16-7-10)12-8-17-4-2-3-11(17)9-18-12/h6-7,11-12,14H,2-5,8-9H2,1H3. The molecule has 0 aliphatic carbocycles. The van der Waals surface area contributed by atoms with Crippen LogP contribution in [0.25, 0.3) is 0 Å². The minimum Gasteiger partial charge on any atom is -0.367 e. The van der Waals surface area contributed by atoms with Gasteiger partial charge in [-0.15, -0.1) is 0 Å². The van der Waals surface area contributed by atoms with Gasteiger partial charge < -0.3 is 10.1 Å². The van der Waals surface area contributed by atoms with Crippen molar-refractivity contribution in [2.75, 3.05) is 26.7 Å². The Morgan fingerprint density at radius 2 is 2.28 bits per heavy atom. The maximum Gasteiger partial charge on any atom is 0.158 e. The summed E-state index contributed by atoms with van der Waals surface area (Å²) in [7, 11) is 1.92. The summed E-state index contributed by atoms with van der Waals surface area (Å²) in [5.74, 6) is 0.820. The molecule has 3 rings (SSSR count). The fourth-order valence-corrected chi connectivity index (χ4v) is 2.80. The highest BCUT2D eigenvalue weighted by molar-refractivity contribution is 5.07. The summed E-state index contributed by atoms with van der Waals surface area (Å²) < 4.78 is 5.90. The van der Waals surface area contributed by atoms with Crippen LogP contribution in [-0.4, -0.2) is 47.7 Å². The number of rotatable bonds is 3. The molecule has 0 radical (unpaired) electrons. The summed E-state index contributed by atoms with van der Waals surface area (Å²) in [5.41, 5.74) is 1.11. The molecule has 3 heterocycles. The molecule has 0 amide bonds. The number of morpholine rings is 1. The molecule has 2 aliphatic rings. The van der Waals surface area contributed by atoms with Crippen LogP contribution in [0.5, 0.6) is 0 Å². The van der Waals surface area contributed by atoms with Crippen molar-refractivity contribution in [2.45, 2.75) is 31.5 Å². The van der Waals surface area contributed by atoms with Crippen LogP contribution in [0.1, 0.15) is 30.3 Å². The lowest BCUT2D eigenvalue weighted by Gasteiger charge is -2.34. The van der Waals surface area contributed by atoms with Crippen molar-refractivity contribution in [3.05, 3.63) is 23.8 Å². The highest BCUT2D eigenvalue weighted by Gasteiger charge is 2.33. The van der Waals surface area contributed by atoms with E-state index in [1.807, 2.05) is 19.4 Å². The maximum absolute atomic E-state index is 5.90. The van der Waals surface area contributed by atoms with Crippen LogP contribution in [-0.2, 0) is 11.3 Å². The van der Waals surface area contributed by atoms with Gasteiger partial charge in [0.05, 0.1) is 6.61 Å². The van der Waals surface area contributed by atoms with Crippen LogP contribution in [0.15, 0.2) is 12.4 Å². The molecule has 2 fully saturated rings. The van der Waals surface area contributed by atoms with Crippen molar-refractivity contribution in [3.8, 4) is 0 Å². The Balaban J connectivity index is 1.67. The van der Waals surface area contributed by atoms with E-state index in [4.69, 9.17) is 4.74 Å². The molecular formula is C13H20N4O. The maximum atomic E-state index is 5.90. The molecule has 2 aliphatic heterocycles. The van der Waals surface area contributed by atoms with Gasteiger partial charge in [0.15, 0.2) is 5.82 Å². The summed E-state index contributed by atoms with van der Waals surface area (Å²) >= 11 is 0. The molecule has 5 heteroatoms. The number of nitrogens with zero attached hydrogens (tertiary/aromatic N) is 3. The van der Waals surface area contributed by atoms with Gasteiger partial charge in [-0.05, 0) is 26.4 Å². The fourth-order valence-electron chi connectivity index (χ4n) is 2.80. The van der Waals surface area contributed by atoms with Crippen LogP contribution in [0, 0.1) is 0 Å². The van der Waals surface area contributed by atoms with E-state index < -0.39 is 0 Å². The number of hydrogen-bond donors (Lipinski definition) is 1. The SMILES string of the molecule is CNCc1cnc(C2CN3CCCC3CO2)nc1. The molecule has 0 bridgehead atoms. The van der Waals surface area contributed by atoms with Gasteiger partial charge >= 0.3 is 0 Å². The lowest BCUT2D eigenvalue weighted by atomic mass is 10.2. The first-order chi connectivity index (χ1) is 8.86. The number of ether oxygens (including phenoxy) is 1. The van der Waals surface area contributed by atoms with Gasteiger partial charge in [-0.25, -0.2) is 9.97 Å². The summed E-state index contributed by atoms with van der Waals surface area (Å²) in [5, 5.41) is 3.09. The predicted octanol–water partition coefficient (Wildman–Crippen LogP) is 0.732. The van der Waals surface area contributed by atoms with E-state index >= 15 is 0 Å². The highest BCUT2D eigenvalue weighted by atomic mass is 16.5. The van der Waals surface area contributed by atoms with E-state index in [1.54, 1.807) is 0 Å². The van der Waals surface area contributed by atoms with Crippen molar-refractivity contribution >= 4 is 0 Å². The molecule has 2 atom stereocenters. The normalized spacial score (nSPS) is 28.3. The summed E-state index contributed by atoms with van der Waals surface area (Å²) in [4.78, 5) is 11.4. The zero-order valence-corrected chi connectivity index (χ0v) is 10.8. The van der Waals surface area contributed by atoms with Gasteiger partial charge in [-0.3, -0.25) is 4.90 Å². The van der Waals surface area contributed by atoms with E-state index in [0.29, 0.717) is 6.04 Å². The average Bonchev–Trinajstić information content (AvgIpc) is 2.87. The summed E-state index contributed by atoms with van der Waals surface area (Å²) in [6, 6.07) is 0.629. The predicted molar refractivity (Wildman–Crippen MR) is 68.1 cm³/mol. The quantitative estimate of drug-likeness (QED) is 0.854. The van der Waals surface area contributed by atoms with Gasteiger partial charge in [0, 0.05) is 37.1 Å². The second kappa shape index (κ2) is 5.30. The molecule has 1 aromatic heterocycles. The smallest absolute Gasteiger partial charge is 0.158 e. The monoisotopic (exact) mass is 248 g/mol. The Morgan fingerprint density at radius 3 is 3.06 bits per heavy atom. The Bertz CT molecular complexity index is 394.